The van der Waals surface area contributed by atoms with Gasteiger partial charge in [-0.2, -0.15) is 0 Å². The molecule has 0 heterocycles. The molecule has 4 unspecified atom stereocenters. The molecule has 4 atom stereocenters. The van der Waals surface area contributed by atoms with Gasteiger partial charge in [-0.3, -0.25) is 4.21 Å². The summed E-state index contributed by atoms with van der Waals surface area (Å²) >= 11 is 5.83. The van der Waals surface area contributed by atoms with Crippen molar-refractivity contribution in [1.82, 2.24) is 5.32 Å². The normalized spacial score (nSPS) is 27.5. The first-order valence-electron chi connectivity index (χ1n) is 7.65. The van der Waals surface area contributed by atoms with Crippen LogP contribution in [-0.4, -0.2) is 22.0 Å². The van der Waals surface area contributed by atoms with Crippen molar-refractivity contribution in [2.45, 2.75) is 55.7 Å². The van der Waals surface area contributed by atoms with Crippen LogP contribution in [0.4, 0.5) is 4.39 Å². The Hall–Kier alpha value is -0.450. The van der Waals surface area contributed by atoms with E-state index in [0.717, 1.165) is 25.8 Å². The minimum atomic E-state index is -1.16. The van der Waals surface area contributed by atoms with Gasteiger partial charge in [0.2, 0.25) is 0 Å². The molecule has 1 aliphatic rings. The Labute approximate surface area is 133 Å². The van der Waals surface area contributed by atoms with Crippen LogP contribution in [0.25, 0.3) is 0 Å². The molecule has 118 valence electrons. The fourth-order valence-electron chi connectivity index (χ4n) is 3.09. The summed E-state index contributed by atoms with van der Waals surface area (Å²) in [4.78, 5) is 0.631. The Morgan fingerprint density at radius 1 is 1.38 bits per heavy atom. The van der Waals surface area contributed by atoms with Gasteiger partial charge < -0.3 is 5.32 Å². The monoisotopic (exact) mass is 331 g/mol. The SMILES string of the molecule is CCNC1CCC(CC)CC1S(=O)c1ccc(F)c(Cl)c1. The van der Waals surface area contributed by atoms with Gasteiger partial charge >= 0.3 is 0 Å². The fraction of sp³-hybridized carbons (Fsp3) is 0.625. The lowest BCUT2D eigenvalue weighted by Crippen LogP contribution is -2.46. The van der Waals surface area contributed by atoms with Crippen molar-refractivity contribution in [1.29, 1.82) is 0 Å². The Morgan fingerprint density at radius 3 is 2.76 bits per heavy atom. The van der Waals surface area contributed by atoms with Crippen molar-refractivity contribution >= 4 is 22.4 Å². The third-order valence-electron chi connectivity index (χ3n) is 4.34. The van der Waals surface area contributed by atoms with E-state index >= 15 is 0 Å². The average Bonchev–Trinajstić information content (AvgIpc) is 2.50. The Balaban J connectivity index is 2.21. The predicted octanol–water partition coefficient (Wildman–Crippen LogP) is 4.14. The van der Waals surface area contributed by atoms with E-state index in [4.69, 9.17) is 11.6 Å². The van der Waals surface area contributed by atoms with Gasteiger partial charge in [-0.15, -0.1) is 0 Å². The van der Waals surface area contributed by atoms with Gasteiger partial charge in [-0.25, -0.2) is 4.39 Å². The molecule has 0 amide bonds. The first-order chi connectivity index (χ1) is 10.1. The minimum Gasteiger partial charge on any atom is -0.313 e. The average molecular weight is 332 g/mol. The molecule has 1 aliphatic carbocycles. The third kappa shape index (κ3) is 4.05. The molecule has 0 aliphatic heterocycles. The van der Waals surface area contributed by atoms with E-state index in [1.807, 2.05) is 0 Å². The van der Waals surface area contributed by atoms with E-state index in [9.17, 15) is 8.60 Å². The topological polar surface area (TPSA) is 29.1 Å². The van der Waals surface area contributed by atoms with Crippen LogP contribution < -0.4 is 5.32 Å². The molecule has 1 aromatic rings. The lowest BCUT2D eigenvalue weighted by Gasteiger charge is -2.35. The van der Waals surface area contributed by atoms with Crippen molar-refractivity contribution in [2.75, 3.05) is 6.54 Å². The summed E-state index contributed by atoms with van der Waals surface area (Å²) in [5, 5.41) is 3.58. The molecule has 5 heteroatoms. The van der Waals surface area contributed by atoms with Crippen LogP contribution >= 0.6 is 11.6 Å². The number of halogens is 2. The summed E-state index contributed by atoms with van der Waals surface area (Å²) in [5.74, 6) is 0.167. The fourth-order valence-corrected chi connectivity index (χ4v) is 5.10. The molecule has 1 saturated carbocycles. The second-order valence-corrected chi connectivity index (χ2v) is 7.74. The summed E-state index contributed by atoms with van der Waals surface area (Å²) in [6.07, 6.45) is 4.32. The van der Waals surface area contributed by atoms with Gasteiger partial charge in [-0.1, -0.05) is 31.9 Å². The lowest BCUT2D eigenvalue weighted by atomic mass is 9.84. The Bertz CT molecular complexity index is 511. The van der Waals surface area contributed by atoms with E-state index in [1.165, 1.54) is 18.6 Å². The number of rotatable bonds is 5. The second-order valence-electron chi connectivity index (χ2n) is 5.66. The molecule has 0 aromatic heterocycles. The zero-order valence-corrected chi connectivity index (χ0v) is 14.1. The summed E-state index contributed by atoms with van der Waals surface area (Å²) in [6.45, 7) is 5.13. The minimum absolute atomic E-state index is 0.0451. The highest BCUT2D eigenvalue weighted by Gasteiger charge is 2.34. The molecule has 1 aromatic carbocycles. The van der Waals surface area contributed by atoms with Crippen molar-refractivity contribution in [3.63, 3.8) is 0 Å². The predicted molar refractivity (Wildman–Crippen MR) is 86.7 cm³/mol. The van der Waals surface area contributed by atoms with Gasteiger partial charge in [0, 0.05) is 10.9 Å². The molecule has 2 nitrogen and oxygen atoms in total. The molecule has 1 N–H and O–H groups in total. The molecule has 0 radical (unpaired) electrons. The zero-order chi connectivity index (χ0) is 15.4. The summed E-state index contributed by atoms with van der Waals surface area (Å²) in [6, 6.07) is 4.67. The molecule has 2 rings (SSSR count). The number of hydrogen-bond donors (Lipinski definition) is 1. The maximum atomic E-state index is 13.3. The molecule has 0 saturated heterocycles. The van der Waals surface area contributed by atoms with E-state index in [-0.39, 0.29) is 16.3 Å². The Kier molecular flexibility index (Phi) is 6.20. The highest BCUT2D eigenvalue weighted by atomic mass is 35.5. The molecule has 21 heavy (non-hydrogen) atoms. The third-order valence-corrected chi connectivity index (χ3v) is 6.42. The maximum absolute atomic E-state index is 13.3. The molecular formula is C16H23ClFNOS. The van der Waals surface area contributed by atoms with Gasteiger partial charge in [0.1, 0.15) is 5.82 Å². The first-order valence-corrected chi connectivity index (χ1v) is 9.24. The lowest BCUT2D eigenvalue weighted by molar-refractivity contribution is 0.294. The number of hydrogen-bond acceptors (Lipinski definition) is 2. The van der Waals surface area contributed by atoms with Crippen LogP contribution in [0.1, 0.15) is 39.5 Å². The number of benzene rings is 1. The largest absolute Gasteiger partial charge is 0.313 e. The van der Waals surface area contributed by atoms with Gasteiger partial charge in [-0.05, 0) is 49.9 Å². The zero-order valence-electron chi connectivity index (χ0n) is 12.6. The highest BCUT2D eigenvalue weighted by Crippen LogP contribution is 2.32. The first kappa shape index (κ1) is 16.9. The van der Waals surface area contributed by atoms with E-state index < -0.39 is 16.6 Å². The quantitative estimate of drug-likeness (QED) is 0.878. The van der Waals surface area contributed by atoms with Crippen LogP contribution in [0.3, 0.4) is 0 Å². The van der Waals surface area contributed by atoms with Crippen molar-refractivity contribution in [3.05, 3.63) is 29.0 Å². The summed E-state index contributed by atoms with van der Waals surface area (Å²) in [5.41, 5.74) is 0. The smallest absolute Gasteiger partial charge is 0.141 e. The highest BCUT2D eigenvalue weighted by molar-refractivity contribution is 7.85. The molecule has 0 bridgehead atoms. The number of nitrogens with one attached hydrogen (secondary N) is 1. The van der Waals surface area contributed by atoms with Crippen LogP contribution in [-0.2, 0) is 10.8 Å². The van der Waals surface area contributed by atoms with Gasteiger partial charge in [0.05, 0.1) is 21.1 Å². The molecule has 0 spiro atoms. The van der Waals surface area contributed by atoms with E-state index in [2.05, 4.69) is 19.2 Å². The summed E-state index contributed by atoms with van der Waals surface area (Å²) in [7, 11) is -1.16. The van der Waals surface area contributed by atoms with Crippen LogP contribution in [0.5, 0.6) is 0 Å². The molecule has 1 fully saturated rings. The van der Waals surface area contributed by atoms with Crippen LogP contribution in [0.2, 0.25) is 5.02 Å². The van der Waals surface area contributed by atoms with Gasteiger partial charge in [0.25, 0.3) is 0 Å². The van der Waals surface area contributed by atoms with E-state index in [0.29, 0.717) is 10.8 Å². The van der Waals surface area contributed by atoms with Gasteiger partial charge in [0.15, 0.2) is 0 Å². The summed E-state index contributed by atoms with van der Waals surface area (Å²) < 4.78 is 26.2. The van der Waals surface area contributed by atoms with Crippen molar-refractivity contribution in [2.24, 2.45) is 5.92 Å². The Morgan fingerprint density at radius 2 is 2.14 bits per heavy atom. The standard InChI is InChI=1S/C16H23ClFNOS/c1-3-11-5-8-15(19-4-2)16(9-11)21(20)12-6-7-14(18)13(17)10-12/h6-7,10-11,15-16,19H,3-5,8-9H2,1-2H3. The maximum Gasteiger partial charge on any atom is 0.141 e. The van der Waals surface area contributed by atoms with Crippen molar-refractivity contribution < 1.29 is 8.60 Å². The molecular weight excluding hydrogens is 309 g/mol. The van der Waals surface area contributed by atoms with Crippen LogP contribution in [0, 0.1) is 11.7 Å². The van der Waals surface area contributed by atoms with Crippen molar-refractivity contribution in [3.8, 4) is 0 Å². The second kappa shape index (κ2) is 7.70. The van der Waals surface area contributed by atoms with E-state index in [1.54, 1.807) is 6.07 Å². The van der Waals surface area contributed by atoms with Crippen LogP contribution in [0.15, 0.2) is 23.1 Å².